The highest BCUT2D eigenvalue weighted by molar-refractivity contribution is 5.73. The predicted octanol–water partition coefficient (Wildman–Crippen LogP) is 0.922. The molecule has 1 aromatic heterocycles. The summed E-state index contributed by atoms with van der Waals surface area (Å²) in [7, 11) is 0. The van der Waals surface area contributed by atoms with Gasteiger partial charge in [0, 0.05) is 64.2 Å². The molecule has 31 heavy (non-hydrogen) atoms. The van der Waals surface area contributed by atoms with Crippen molar-refractivity contribution in [2.75, 3.05) is 52.4 Å². The molecule has 1 aromatic rings. The van der Waals surface area contributed by atoms with E-state index in [9.17, 15) is 14.7 Å². The lowest BCUT2D eigenvalue weighted by atomic mass is 9.92. The fraction of sp³-hybridized carbons (Fsp3) is 0.783. The third kappa shape index (κ3) is 6.60. The van der Waals surface area contributed by atoms with Gasteiger partial charge in [0.25, 0.3) is 5.56 Å². The topological polar surface area (TPSA) is 81.9 Å². The number of piperazine rings is 1. The van der Waals surface area contributed by atoms with Crippen molar-refractivity contribution in [3.63, 3.8) is 0 Å². The largest absolute Gasteiger partial charge is 0.387 e. The molecule has 0 spiro atoms. The molecule has 0 bridgehead atoms. The van der Waals surface area contributed by atoms with Gasteiger partial charge in [0.15, 0.2) is 0 Å². The van der Waals surface area contributed by atoms with E-state index in [1.807, 2.05) is 6.07 Å². The molecule has 0 aliphatic carbocycles. The highest BCUT2D eigenvalue weighted by Gasteiger charge is 2.35. The Morgan fingerprint density at radius 1 is 1.06 bits per heavy atom. The fourth-order valence-electron chi connectivity index (χ4n) is 4.50. The molecule has 2 aliphatic heterocycles. The molecule has 0 radical (unpaired) electrons. The molecular formula is C23H39N5O3. The molecule has 1 unspecified atom stereocenters. The SMILES string of the molecule is CC(=O)N1CCCCC(O)(CN2CCN(CCn3nc(C(C)(C)C)ccc3=O)CC2)C1. The molecule has 0 saturated carbocycles. The Labute approximate surface area is 185 Å². The number of likely N-dealkylation sites (tertiary alicyclic amines) is 1. The van der Waals surface area contributed by atoms with Crippen LogP contribution in [0.4, 0.5) is 0 Å². The molecule has 2 saturated heterocycles. The van der Waals surface area contributed by atoms with Crippen molar-refractivity contribution in [2.24, 2.45) is 0 Å². The van der Waals surface area contributed by atoms with E-state index < -0.39 is 5.60 Å². The minimum Gasteiger partial charge on any atom is -0.387 e. The second kappa shape index (κ2) is 9.79. The zero-order valence-corrected chi connectivity index (χ0v) is 19.6. The van der Waals surface area contributed by atoms with Gasteiger partial charge in [0.1, 0.15) is 0 Å². The first-order chi connectivity index (χ1) is 14.6. The van der Waals surface area contributed by atoms with E-state index in [1.165, 1.54) is 0 Å². The first-order valence-corrected chi connectivity index (χ1v) is 11.6. The summed E-state index contributed by atoms with van der Waals surface area (Å²) in [6.07, 6.45) is 2.66. The maximum absolute atomic E-state index is 12.2. The molecular weight excluding hydrogens is 394 g/mol. The summed E-state index contributed by atoms with van der Waals surface area (Å²) < 4.78 is 1.58. The van der Waals surface area contributed by atoms with Gasteiger partial charge >= 0.3 is 0 Å². The number of amides is 1. The van der Waals surface area contributed by atoms with Crippen LogP contribution in [0.15, 0.2) is 16.9 Å². The molecule has 1 amide bonds. The summed E-state index contributed by atoms with van der Waals surface area (Å²) >= 11 is 0. The molecule has 1 atom stereocenters. The molecule has 0 aromatic carbocycles. The maximum atomic E-state index is 12.2. The van der Waals surface area contributed by atoms with Crippen molar-refractivity contribution in [3.05, 3.63) is 28.2 Å². The molecule has 1 N–H and O–H groups in total. The summed E-state index contributed by atoms with van der Waals surface area (Å²) in [5, 5.41) is 15.7. The highest BCUT2D eigenvalue weighted by atomic mass is 16.3. The van der Waals surface area contributed by atoms with Gasteiger partial charge in [0.2, 0.25) is 5.91 Å². The Morgan fingerprint density at radius 2 is 1.74 bits per heavy atom. The molecule has 3 heterocycles. The summed E-state index contributed by atoms with van der Waals surface area (Å²) in [6.45, 7) is 14.6. The number of carbonyl (C=O) groups excluding carboxylic acids is 1. The Hall–Kier alpha value is -1.77. The van der Waals surface area contributed by atoms with E-state index in [4.69, 9.17) is 0 Å². The number of carbonyl (C=O) groups is 1. The zero-order chi connectivity index (χ0) is 22.6. The van der Waals surface area contributed by atoms with Crippen LogP contribution in [-0.4, -0.2) is 93.5 Å². The van der Waals surface area contributed by atoms with Crippen LogP contribution in [0.3, 0.4) is 0 Å². The Bertz CT molecular complexity index is 810. The number of nitrogens with zero attached hydrogens (tertiary/aromatic N) is 5. The van der Waals surface area contributed by atoms with Gasteiger partial charge in [-0.25, -0.2) is 4.68 Å². The van der Waals surface area contributed by atoms with Crippen LogP contribution in [0.2, 0.25) is 0 Å². The Morgan fingerprint density at radius 3 is 2.39 bits per heavy atom. The smallest absolute Gasteiger partial charge is 0.266 e. The number of β-amino-alcohol motifs (C(OH)–C–C–N with tert-alkyl or cyclic N) is 1. The van der Waals surface area contributed by atoms with Crippen molar-refractivity contribution < 1.29 is 9.90 Å². The van der Waals surface area contributed by atoms with Crippen molar-refractivity contribution in [3.8, 4) is 0 Å². The van der Waals surface area contributed by atoms with Crippen molar-refractivity contribution in [1.29, 1.82) is 0 Å². The maximum Gasteiger partial charge on any atom is 0.266 e. The van der Waals surface area contributed by atoms with E-state index in [2.05, 4.69) is 35.7 Å². The van der Waals surface area contributed by atoms with Gasteiger partial charge in [-0.3, -0.25) is 19.4 Å². The number of aliphatic hydroxyl groups is 1. The lowest BCUT2D eigenvalue weighted by Gasteiger charge is -2.40. The predicted molar refractivity (Wildman–Crippen MR) is 121 cm³/mol. The second-order valence-electron chi connectivity index (χ2n) is 10.3. The third-order valence-corrected chi connectivity index (χ3v) is 6.50. The van der Waals surface area contributed by atoms with E-state index in [0.29, 0.717) is 19.6 Å². The first-order valence-electron chi connectivity index (χ1n) is 11.6. The van der Waals surface area contributed by atoms with Gasteiger partial charge in [0.05, 0.1) is 24.4 Å². The third-order valence-electron chi connectivity index (χ3n) is 6.50. The Kier molecular flexibility index (Phi) is 7.55. The van der Waals surface area contributed by atoms with Crippen LogP contribution >= 0.6 is 0 Å². The van der Waals surface area contributed by atoms with Crippen LogP contribution in [-0.2, 0) is 16.8 Å². The molecule has 8 heteroatoms. The molecule has 174 valence electrons. The quantitative estimate of drug-likeness (QED) is 0.744. The molecule has 8 nitrogen and oxygen atoms in total. The van der Waals surface area contributed by atoms with Crippen LogP contribution in [0.5, 0.6) is 0 Å². The fourth-order valence-corrected chi connectivity index (χ4v) is 4.50. The number of aromatic nitrogens is 2. The Balaban J connectivity index is 1.50. The monoisotopic (exact) mass is 433 g/mol. The summed E-state index contributed by atoms with van der Waals surface area (Å²) in [6, 6.07) is 3.44. The van der Waals surface area contributed by atoms with Crippen LogP contribution in [0.1, 0.15) is 52.7 Å². The van der Waals surface area contributed by atoms with Gasteiger partial charge in [-0.2, -0.15) is 5.10 Å². The summed E-state index contributed by atoms with van der Waals surface area (Å²) in [5.41, 5.74) is -0.0443. The van der Waals surface area contributed by atoms with Crippen LogP contribution < -0.4 is 5.56 Å². The lowest BCUT2D eigenvalue weighted by Crippen LogP contribution is -2.55. The number of hydrogen-bond acceptors (Lipinski definition) is 6. The van der Waals surface area contributed by atoms with Crippen molar-refractivity contribution in [2.45, 2.75) is 64.5 Å². The average molecular weight is 434 g/mol. The minimum absolute atomic E-state index is 0.0459. The van der Waals surface area contributed by atoms with E-state index in [0.717, 1.165) is 64.2 Å². The van der Waals surface area contributed by atoms with Crippen molar-refractivity contribution >= 4 is 5.91 Å². The van der Waals surface area contributed by atoms with E-state index >= 15 is 0 Å². The van der Waals surface area contributed by atoms with Gasteiger partial charge in [-0.1, -0.05) is 20.8 Å². The molecule has 2 fully saturated rings. The minimum atomic E-state index is -0.824. The standard InChI is InChI=1S/C23H39N5O3/c1-19(29)27-10-6-5-9-23(31,18-27)17-26-13-11-25(12-14-26)15-16-28-21(30)8-7-20(24-28)22(2,3)4/h7-8,31H,5-6,9-18H2,1-4H3. The molecule has 3 rings (SSSR count). The van der Waals surface area contributed by atoms with Gasteiger partial charge in [-0.15, -0.1) is 0 Å². The number of hydrogen-bond donors (Lipinski definition) is 1. The van der Waals surface area contributed by atoms with Gasteiger partial charge in [-0.05, 0) is 25.3 Å². The molecule has 2 aliphatic rings. The first kappa shape index (κ1) is 23.9. The average Bonchev–Trinajstić information content (AvgIpc) is 2.89. The van der Waals surface area contributed by atoms with Crippen LogP contribution in [0, 0.1) is 0 Å². The lowest BCUT2D eigenvalue weighted by molar-refractivity contribution is -0.132. The van der Waals surface area contributed by atoms with Crippen LogP contribution in [0.25, 0.3) is 0 Å². The van der Waals surface area contributed by atoms with E-state index in [1.54, 1.807) is 22.6 Å². The van der Waals surface area contributed by atoms with Crippen molar-refractivity contribution in [1.82, 2.24) is 24.5 Å². The second-order valence-corrected chi connectivity index (χ2v) is 10.3. The summed E-state index contributed by atoms with van der Waals surface area (Å²) in [5.74, 6) is 0.0459. The number of rotatable bonds is 5. The zero-order valence-electron chi connectivity index (χ0n) is 19.6. The normalized spacial score (nSPS) is 24.2. The van der Waals surface area contributed by atoms with E-state index in [-0.39, 0.29) is 16.9 Å². The summed E-state index contributed by atoms with van der Waals surface area (Å²) in [4.78, 5) is 30.5. The van der Waals surface area contributed by atoms with Gasteiger partial charge < -0.3 is 10.0 Å². The highest BCUT2D eigenvalue weighted by Crippen LogP contribution is 2.23.